The summed E-state index contributed by atoms with van der Waals surface area (Å²) >= 11 is 0. The Balaban J connectivity index is 1.29. The van der Waals surface area contributed by atoms with Crippen LogP contribution in [0.25, 0.3) is 0 Å². The van der Waals surface area contributed by atoms with Gasteiger partial charge in [-0.1, -0.05) is 58.9 Å². The molecule has 1 saturated heterocycles. The van der Waals surface area contributed by atoms with Crippen LogP contribution in [0.15, 0.2) is 65.2 Å². The Hall–Kier alpha value is -2.97. The molecule has 2 aliphatic heterocycles. The van der Waals surface area contributed by atoms with Crippen molar-refractivity contribution in [1.82, 2.24) is 4.31 Å². The SMILES string of the molecule is CN1C(=CC(=O)COC(=O)c2cccc(S(=O)(=O)N3CC4(C)CC3CC(C)(C)C4)c2)C(C)(C)c2ccccc21. The van der Waals surface area contributed by atoms with Crippen LogP contribution in [0.1, 0.15) is 69.8 Å². The third-order valence-electron chi connectivity index (χ3n) is 8.63. The normalized spacial score (nSPS) is 26.5. The number of carbonyl (C=O) groups excluding carboxylic acids is 2. The van der Waals surface area contributed by atoms with Crippen molar-refractivity contribution < 1.29 is 22.7 Å². The van der Waals surface area contributed by atoms with E-state index in [1.54, 1.807) is 10.4 Å². The number of rotatable bonds is 6. The maximum atomic E-state index is 13.7. The van der Waals surface area contributed by atoms with Gasteiger partial charge in [-0.3, -0.25) is 4.79 Å². The van der Waals surface area contributed by atoms with E-state index < -0.39 is 22.6 Å². The standard InChI is InChI=1S/C31H38N2O5S/c1-29(2)16-22-17-31(5,19-29)20-33(22)39(36,37)24-11-9-10-21(14-24)28(35)38-18-23(34)15-27-30(3,4)25-12-7-8-13-26(25)32(27)6/h7-15,22H,16-20H2,1-6H3. The molecule has 0 radical (unpaired) electrons. The van der Waals surface area contributed by atoms with Crippen LogP contribution in [0.3, 0.4) is 0 Å². The number of likely N-dealkylation sites (N-methyl/N-ethyl adjacent to an activating group) is 1. The van der Waals surface area contributed by atoms with E-state index in [4.69, 9.17) is 4.74 Å². The molecule has 2 heterocycles. The maximum absolute atomic E-state index is 13.7. The number of hydrogen-bond acceptors (Lipinski definition) is 6. The molecule has 1 saturated carbocycles. The minimum atomic E-state index is -3.79. The Morgan fingerprint density at radius 1 is 1.03 bits per heavy atom. The van der Waals surface area contributed by atoms with Gasteiger partial charge in [0.05, 0.1) is 10.5 Å². The highest BCUT2D eigenvalue weighted by molar-refractivity contribution is 7.89. The number of carbonyl (C=O) groups is 2. The Morgan fingerprint density at radius 2 is 1.74 bits per heavy atom. The third kappa shape index (κ3) is 4.93. The Bertz CT molecular complexity index is 1480. The fourth-order valence-corrected chi connectivity index (χ4v) is 9.10. The van der Waals surface area contributed by atoms with Crippen LogP contribution in [0.2, 0.25) is 0 Å². The van der Waals surface area contributed by atoms with Crippen molar-refractivity contribution in [1.29, 1.82) is 0 Å². The van der Waals surface area contributed by atoms with Crippen molar-refractivity contribution in [3.63, 3.8) is 0 Å². The molecule has 2 fully saturated rings. The molecule has 7 nitrogen and oxygen atoms in total. The number of para-hydroxylation sites is 1. The van der Waals surface area contributed by atoms with E-state index in [1.165, 1.54) is 24.3 Å². The van der Waals surface area contributed by atoms with Crippen molar-refractivity contribution >= 4 is 27.5 Å². The fourth-order valence-electron chi connectivity index (χ4n) is 7.28. The molecular formula is C31H38N2O5S. The Kier molecular flexibility index (Phi) is 6.58. The summed E-state index contributed by atoms with van der Waals surface area (Å²) in [4.78, 5) is 27.7. The van der Waals surface area contributed by atoms with Gasteiger partial charge >= 0.3 is 5.97 Å². The van der Waals surface area contributed by atoms with Crippen molar-refractivity contribution in [3.8, 4) is 0 Å². The van der Waals surface area contributed by atoms with Crippen molar-refractivity contribution in [2.24, 2.45) is 10.8 Å². The predicted molar refractivity (Wildman–Crippen MR) is 151 cm³/mol. The number of hydrogen-bond donors (Lipinski definition) is 0. The molecule has 2 bridgehead atoms. The van der Waals surface area contributed by atoms with E-state index in [0.29, 0.717) is 6.54 Å². The van der Waals surface area contributed by atoms with Crippen molar-refractivity contribution in [2.45, 2.75) is 70.2 Å². The molecule has 8 heteroatoms. The molecule has 2 aromatic rings. The number of benzene rings is 2. The van der Waals surface area contributed by atoms with Crippen molar-refractivity contribution in [3.05, 3.63) is 71.4 Å². The summed E-state index contributed by atoms with van der Waals surface area (Å²) in [5.41, 5.74) is 2.77. The fraction of sp³-hybridized carbons (Fsp3) is 0.484. The average Bonchev–Trinajstić information content (AvgIpc) is 3.24. The van der Waals surface area contributed by atoms with E-state index in [0.717, 1.165) is 36.2 Å². The zero-order valence-corrected chi connectivity index (χ0v) is 24.5. The summed E-state index contributed by atoms with van der Waals surface area (Å²) in [6, 6.07) is 13.9. The third-order valence-corrected chi connectivity index (χ3v) is 10.5. The van der Waals surface area contributed by atoms with Crippen LogP contribution >= 0.6 is 0 Å². The molecule has 0 aromatic heterocycles. The molecule has 2 atom stereocenters. The van der Waals surface area contributed by atoms with E-state index >= 15 is 0 Å². The molecule has 39 heavy (non-hydrogen) atoms. The lowest BCUT2D eigenvalue weighted by atomic mass is 9.65. The van der Waals surface area contributed by atoms with E-state index in [2.05, 4.69) is 40.7 Å². The summed E-state index contributed by atoms with van der Waals surface area (Å²) in [5, 5.41) is 0. The number of allylic oxidation sites excluding steroid dienone is 1. The van der Waals surface area contributed by atoms with Gasteiger partial charge in [0.25, 0.3) is 0 Å². The number of nitrogens with zero attached hydrogens (tertiary/aromatic N) is 2. The van der Waals surface area contributed by atoms with Crippen LogP contribution in [0.5, 0.6) is 0 Å². The van der Waals surface area contributed by atoms with Gasteiger partial charge in [0.2, 0.25) is 10.0 Å². The summed E-state index contributed by atoms with van der Waals surface area (Å²) in [6.45, 7) is 10.7. The topological polar surface area (TPSA) is 84.0 Å². The molecule has 3 aliphatic rings. The molecule has 0 amide bonds. The molecule has 0 spiro atoms. The highest BCUT2D eigenvalue weighted by atomic mass is 32.2. The maximum Gasteiger partial charge on any atom is 0.338 e. The summed E-state index contributed by atoms with van der Waals surface area (Å²) < 4.78 is 34.3. The smallest absolute Gasteiger partial charge is 0.338 e. The zero-order valence-electron chi connectivity index (χ0n) is 23.7. The summed E-state index contributed by atoms with van der Waals surface area (Å²) in [5.74, 6) is -1.07. The van der Waals surface area contributed by atoms with Gasteiger partial charge in [0, 0.05) is 42.5 Å². The minimum absolute atomic E-state index is 0.0471. The molecule has 5 rings (SSSR count). The van der Waals surface area contributed by atoms with Gasteiger partial charge in [0.15, 0.2) is 12.4 Å². The lowest BCUT2D eigenvalue weighted by molar-refractivity contribution is -0.117. The van der Waals surface area contributed by atoms with Crippen LogP contribution in [-0.4, -0.2) is 50.7 Å². The van der Waals surface area contributed by atoms with E-state index in [1.807, 2.05) is 30.1 Å². The van der Waals surface area contributed by atoms with Crippen LogP contribution in [0.4, 0.5) is 5.69 Å². The average molecular weight is 551 g/mol. The first-order valence-electron chi connectivity index (χ1n) is 13.5. The quantitative estimate of drug-likeness (QED) is 0.358. The number of anilines is 1. The van der Waals surface area contributed by atoms with Gasteiger partial charge in [-0.05, 0) is 59.9 Å². The second-order valence-corrected chi connectivity index (χ2v) is 15.0. The molecule has 208 valence electrons. The van der Waals surface area contributed by atoms with Crippen LogP contribution in [0, 0.1) is 10.8 Å². The first-order chi connectivity index (χ1) is 18.1. The number of esters is 1. The predicted octanol–water partition coefficient (Wildman–Crippen LogP) is 5.31. The van der Waals surface area contributed by atoms with Crippen LogP contribution < -0.4 is 4.90 Å². The molecule has 2 unspecified atom stereocenters. The highest BCUT2D eigenvalue weighted by Gasteiger charge is 2.53. The first-order valence-corrected chi connectivity index (χ1v) is 14.9. The van der Waals surface area contributed by atoms with E-state index in [9.17, 15) is 18.0 Å². The first kappa shape index (κ1) is 27.6. The van der Waals surface area contributed by atoms with Gasteiger partial charge in [0.1, 0.15) is 0 Å². The lowest BCUT2D eigenvalue weighted by Crippen LogP contribution is -2.37. The summed E-state index contributed by atoms with van der Waals surface area (Å²) in [6.07, 6.45) is 4.18. The zero-order chi connectivity index (χ0) is 28.4. The second kappa shape index (κ2) is 9.30. The molecular weight excluding hydrogens is 512 g/mol. The highest BCUT2D eigenvalue weighted by Crippen LogP contribution is 2.53. The van der Waals surface area contributed by atoms with Gasteiger partial charge in [-0.25, -0.2) is 13.2 Å². The van der Waals surface area contributed by atoms with Crippen molar-refractivity contribution in [2.75, 3.05) is 25.1 Å². The van der Waals surface area contributed by atoms with Gasteiger partial charge in [-0.15, -0.1) is 0 Å². The number of ether oxygens (including phenoxy) is 1. The largest absolute Gasteiger partial charge is 0.454 e. The molecule has 2 aromatic carbocycles. The second-order valence-electron chi connectivity index (χ2n) is 13.1. The Morgan fingerprint density at radius 3 is 2.46 bits per heavy atom. The Labute approximate surface area is 231 Å². The lowest BCUT2D eigenvalue weighted by Gasteiger charge is -2.39. The summed E-state index contributed by atoms with van der Waals surface area (Å²) in [7, 11) is -1.87. The number of sulfonamides is 1. The van der Waals surface area contributed by atoms with Crippen LogP contribution in [-0.2, 0) is 25.0 Å². The monoisotopic (exact) mass is 550 g/mol. The van der Waals surface area contributed by atoms with Gasteiger partial charge < -0.3 is 9.64 Å². The minimum Gasteiger partial charge on any atom is -0.454 e. The number of ketones is 1. The number of fused-ring (bicyclic) bond motifs is 3. The molecule has 1 aliphatic carbocycles. The van der Waals surface area contributed by atoms with Gasteiger partial charge in [-0.2, -0.15) is 4.31 Å². The molecule has 0 N–H and O–H groups in total. The van der Waals surface area contributed by atoms with E-state index in [-0.39, 0.29) is 38.5 Å².